The molecule has 0 atom stereocenters. The number of hydrogen-bond acceptors (Lipinski definition) is 2. The number of halogens is 1. The predicted molar refractivity (Wildman–Crippen MR) is 129 cm³/mol. The Morgan fingerprint density at radius 2 is 1.31 bits per heavy atom. The van der Waals surface area contributed by atoms with Crippen molar-refractivity contribution in [1.82, 2.24) is 0 Å². The van der Waals surface area contributed by atoms with Crippen LogP contribution in [0.25, 0.3) is 22.3 Å². The first-order valence-electron chi connectivity index (χ1n) is 10.3. The number of nitrogens with one attached hydrogen (secondary N) is 2. The van der Waals surface area contributed by atoms with Crippen LogP contribution < -0.4 is 10.6 Å². The largest absolute Gasteiger partial charge is 0.385 e. The molecule has 152 valence electrons. The summed E-state index contributed by atoms with van der Waals surface area (Å²) in [5.74, 6) is 0.620. The second-order valence-electron chi connectivity index (χ2n) is 8.38. The van der Waals surface area contributed by atoms with E-state index in [2.05, 4.69) is 106 Å². The third-order valence-corrected chi connectivity index (χ3v) is 5.19. The first-order chi connectivity index (χ1) is 13.8. The van der Waals surface area contributed by atoms with Crippen molar-refractivity contribution in [2.24, 2.45) is 5.92 Å². The molecule has 0 aliphatic heterocycles. The van der Waals surface area contributed by atoms with Crippen LogP contribution in [-0.2, 0) is 0 Å². The van der Waals surface area contributed by atoms with Gasteiger partial charge in [0.15, 0.2) is 0 Å². The lowest BCUT2D eigenvalue weighted by Crippen LogP contribution is -2.09. The molecule has 2 nitrogen and oxygen atoms in total. The SMILES string of the molecule is Cc1cc(-c2ccc(NCC(C)C)cc2)c(Cl)cc1-c1ccc(NC(C)C)cc1. The van der Waals surface area contributed by atoms with Gasteiger partial charge in [-0.3, -0.25) is 0 Å². The van der Waals surface area contributed by atoms with E-state index >= 15 is 0 Å². The minimum atomic E-state index is 0.420. The average molecular weight is 407 g/mol. The maximum atomic E-state index is 6.70. The smallest absolute Gasteiger partial charge is 0.0490 e. The van der Waals surface area contributed by atoms with Crippen molar-refractivity contribution < 1.29 is 0 Å². The minimum Gasteiger partial charge on any atom is -0.385 e. The van der Waals surface area contributed by atoms with Gasteiger partial charge in [0.05, 0.1) is 0 Å². The summed E-state index contributed by atoms with van der Waals surface area (Å²) >= 11 is 6.70. The van der Waals surface area contributed by atoms with E-state index in [-0.39, 0.29) is 0 Å². The van der Waals surface area contributed by atoms with Crippen LogP contribution in [-0.4, -0.2) is 12.6 Å². The van der Waals surface area contributed by atoms with E-state index in [1.54, 1.807) is 0 Å². The molecule has 3 aromatic rings. The molecule has 0 saturated heterocycles. The van der Waals surface area contributed by atoms with E-state index in [0.29, 0.717) is 12.0 Å². The molecule has 0 radical (unpaired) electrons. The van der Waals surface area contributed by atoms with Crippen LogP contribution in [0.3, 0.4) is 0 Å². The molecule has 3 rings (SSSR count). The zero-order chi connectivity index (χ0) is 21.0. The van der Waals surface area contributed by atoms with Gasteiger partial charge in [0.2, 0.25) is 0 Å². The van der Waals surface area contributed by atoms with Gasteiger partial charge in [0.25, 0.3) is 0 Å². The molecule has 3 heteroatoms. The van der Waals surface area contributed by atoms with Gasteiger partial charge >= 0.3 is 0 Å². The normalized spacial score (nSPS) is 11.2. The first kappa shape index (κ1) is 21.3. The van der Waals surface area contributed by atoms with Gasteiger partial charge < -0.3 is 10.6 Å². The van der Waals surface area contributed by atoms with E-state index < -0.39 is 0 Å². The quantitative estimate of drug-likeness (QED) is 0.417. The predicted octanol–water partition coefficient (Wildman–Crippen LogP) is 7.87. The first-order valence-corrected chi connectivity index (χ1v) is 10.7. The third-order valence-electron chi connectivity index (χ3n) is 4.88. The zero-order valence-corrected chi connectivity index (χ0v) is 18.8. The number of hydrogen-bond donors (Lipinski definition) is 2. The van der Waals surface area contributed by atoms with E-state index in [0.717, 1.165) is 34.1 Å². The molecule has 0 amide bonds. The Balaban J connectivity index is 1.84. The molecule has 0 unspecified atom stereocenters. The Bertz CT molecular complexity index is 942. The molecule has 0 bridgehead atoms. The third kappa shape index (κ3) is 5.55. The Kier molecular flexibility index (Phi) is 6.87. The highest BCUT2D eigenvalue weighted by atomic mass is 35.5. The summed E-state index contributed by atoms with van der Waals surface area (Å²) in [6.07, 6.45) is 0. The molecule has 0 spiro atoms. The fraction of sp³-hybridized carbons (Fsp3) is 0.308. The van der Waals surface area contributed by atoms with Gasteiger partial charge in [-0.2, -0.15) is 0 Å². The van der Waals surface area contributed by atoms with Crippen molar-refractivity contribution in [2.75, 3.05) is 17.2 Å². The van der Waals surface area contributed by atoms with Crippen LogP contribution in [0.1, 0.15) is 33.3 Å². The van der Waals surface area contributed by atoms with Crippen molar-refractivity contribution in [3.63, 3.8) is 0 Å². The molecule has 29 heavy (non-hydrogen) atoms. The second kappa shape index (κ2) is 9.37. The van der Waals surface area contributed by atoms with Crippen LogP contribution in [0, 0.1) is 12.8 Å². The summed E-state index contributed by atoms with van der Waals surface area (Å²) in [5, 5.41) is 7.66. The van der Waals surface area contributed by atoms with Crippen LogP contribution in [0.4, 0.5) is 11.4 Å². The Morgan fingerprint density at radius 3 is 1.86 bits per heavy atom. The van der Waals surface area contributed by atoms with Crippen molar-refractivity contribution in [3.05, 3.63) is 71.2 Å². The van der Waals surface area contributed by atoms with E-state index in [4.69, 9.17) is 11.6 Å². The van der Waals surface area contributed by atoms with Gasteiger partial charge in [-0.25, -0.2) is 0 Å². The fourth-order valence-corrected chi connectivity index (χ4v) is 3.66. The highest BCUT2D eigenvalue weighted by Crippen LogP contribution is 2.35. The number of anilines is 2. The molecule has 2 N–H and O–H groups in total. The highest BCUT2D eigenvalue weighted by molar-refractivity contribution is 6.33. The molecule has 0 heterocycles. The molecular weight excluding hydrogens is 376 g/mol. The molecular formula is C26H31ClN2. The summed E-state index contributed by atoms with van der Waals surface area (Å²) in [7, 11) is 0. The Labute approximate surface area is 180 Å². The standard InChI is InChI=1S/C26H31ClN2/c1-17(2)16-28-22-10-6-21(7-11-22)25-14-19(5)24(15-26(25)27)20-8-12-23(13-9-20)29-18(3)4/h6-15,17-18,28-29H,16H2,1-5H3. The molecule has 0 aliphatic carbocycles. The molecule has 3 aromatic carbocycles. The molecule has 0 aromatic heterocycles. The fourth-order valence-electron chi connectivity index (χ4n) is 3.38. The Morgan fingerprint density at radius 1 is 0.759 bits per heavy atom. The van der Waals surface area contributed by atoms with Crippen molar-refractivity contribution in [3.8, 4) is 22.3 Å². The molecule has 0 saturated carbocycles. The van der Waals surface area contributed by atoms with Crippen LogP contribution in [0.15, 0.2) is 60.7 Å². The summed E-state index contributed by atoms with van der Waals surface area (Å²) in [6, 6.07) is 21.8. The average Bonchev–Trinajstić information content (AvgIpc) is 2.68. The maximum absolute atomic E-state index is 6.70. The number of benzene rings is 3. The van der Waals surface area contributed by atoms with E-state index in [9.17, 15) is 0 Å². The van der Waals surface area contributed by atoms with Gasteiger partial charge in [-0.15, -0.1) is 0 Å². The lowest BCUT2D eigenvalue weighted by atomic mass is 9.95. The molecule has 0 fully saturated rings. The lowest BCUT2D eigenvalue weighted by Gasteiger charge is -2.14. The Hall–Kier alpha value is -2.45. The maximum Gasteiger partial charge on any atom is 0.0490 e. The van der Waals surface area contributed by atoms with Gasteiger partial charge in [0, 0.05) is 34.5 Å². The van der Waals surface area contributed by atoms with Crippen LogP contribution in [0.2, 0.25) is 5.02 Å². The van der Waals surface area contributed by atoms with Crippen LogP contribution in [0.5, 0.6) is 0 Å². The van der Waals surface area contributed by atoms with E-state index in [1.165, 1.54) is 16.7 Å². The summed E-state index contributed by atoms with van der Waals surface area (Å²) in [4.78, 5) is 0. The topological polar surface area (TPSA) is 24.1 Å². The monoisotopic (exact) mass is 406 g/mol. The van der Waals surface area contributed by atoms with Gasteiger partial charge in [-0.05, 0) is 85.3 Å². The van der Waals surface area contributed by atoms with Crippen molar-refractivity contribution in [1.29, 1.82) is 0 Å². The second-order valence-corrected chi connectivity index (χ2v) is 8.78. The summed E-state index contributed by atoms with van der Waals surface area (Å²) in [6.45, 7) is 11.8. The minimum absolute atomic E-state index is 0.420. The lowest BCUT2D eigenvalue weighted by molar-refractivity contribution is 0.689. The zero-order valence-electron chi connectivity index (χ0n) is 18.0. The summed E-state index contributed by atoms with van der Waals surface area (Å²) < 4.78 is 0. The van der Waals surface area contributed by atoms with Gasteiger partial charge in [0.1, 0.15) is 0 Å². The number of rotatable bonds is 7. The molecule has 0 aliphatic rings. The van der Waals surface area contributed by atoms with Gasteiger partial charge in [-0.1, -0.05) is 49.7 Å². The van der Waals surface area contributed by atoms with E-state index in [1.807, 2.05) is 0 Å². The van der Waals surface area contributed by atoms with Crippen LogP contribution >= 0.6 is 11.6 Å². The van der Waals surface area contributed by atoms with Crippen molar-refractivity contribution >= 4 is 23.0 Å². The highest BCUT2D eigenvalue weighted by Gasteiger charge is 2.10. The van der Waals surface area contributed by atoms with Crippen molar-refractivity contribution in [2.45, 2.75) is 40.7 Å². The summed E-state index contributed by atoms with van der Waals surface area (Å²) in [5.41, 5.74) is 8.05. The number of aryl methyl sites for hydroxylation is 1.